The molecule has 0 aliphatic carbocycles. The summed E-state index contributed by atoms with van der Waals surface area (Å²) in [6.07, 6.45) is 1.15. The second-order valence-electron chi connectivity index (χ2n) is 4.14. The minimum absolute atomic E-state index is 0.0118. The summed E-state index contributed by atoms with van der Waals surface area (Å²) in [7, 11) is 0. The fourth-order valence-electron chi connectivity index (χ4n) is 1.76. The van der Waals surface area contributed by atoms with Crippen molar-refractivity contribution in [3.8, 4) is 0 Å². The summed E-state index contributed by atoms with van der Waals surface area (Å²) < 4.78 is 0. The van der Waals surface area contributed by atoms with Gasteiger partial charge in [-0.05, 0) is 30.7 Å². The van der Waals surface area contributed by atoms with Gasteiger partial charge < -0.3 is 16.4 Å². The van der Waals surface area contributed by atoms with Gasteiger partial charge >= 0.3 is 0 Å². The number of hydrogen-bond donors (Lipinski definition) is 3. The lowest BCUT2D eigenvalue weighted by atomic mass is 10.1. The minimum atomic E-state index is -0.133. The van der Waals surface area contributed by atoms with Crippen molar-refractivity contribution < 1.29 is 9.59 Å². The number of nitrogens with two attached hydrogens (primary N) is 1. The zero-order valence-electron chi connectivity index (χ0n) is 9.40. The molecule has 0 saturated carbocycles. The summed E-state index contributed by atoms with van der Waals surface area (Å²) >= 11 is 0. The Kier molecular flexibility index (Phi) is 3.27. The predicted molar refractivity (Wildman–Crippen MR) is 64.4 cm³/mol. The lowest BCUT2D eigenvalue weighted by molar-refractivity contribution is -0.122. The molecule has 1 aliphatic rings. The molecule has 0 radical (unpaired) electrons. The molecule has 4 N–H and O–H groups in total. The quantitative estimate of drug-likeness (QED) is 0.641. The van der Waals surface area contributed by atoms with Crippen LogP contribution in [0.5, 0.6) is 0 Å². The van der Waals surface area contributed by atoms with Gasteiger partial charge in [0.05, 0.1) is 0 Å². The Balaban J connectivity index is 1.93. The van der Waals surface area contributed by atoms with Crippen LogP contribution in [0.4, 0.5) is 5.69 Å². The number of rotatable bonds is 2. The third kappa shape index (κ3) is 2.96. The highest BCUT2D eigenvalue weighted by atomic mass is 16.2. The Labute approximate surface area is 99.4 Å². The van der Waals surface area contributed by atoms with Gasteiger partial charge in [-0.1, -0.05) is 0 Å². The lowest BCUT2D eigenvalue weighted by Gasteiger charge is -2.23. The SMILES string of the molecule is Nc1ccc(C(=O)NC2CCC(=O)NC2)cc1. The summed E-state index contributed by atoms with van der Waals surface area (Å²) in [6.45, 7) is 0.500. The monoisotopic (exact) mass is 233 g/mol. The highest BCUT2D eigenvalue weighted by molar-refractivity contribution is 5.94. The molecular formula is C12H15N3O2. The van der Waals surface area contributed by atoms with Gasteiger partial charge in [0.1, 0.15) is 0 Å². The summed E-state index contributed by atoms with van der Waals surface area (Å²) in [6, 6.07) is 6.77. The molecule has 5 heteroatoms. The zero-order valence-corrected chi connectivity index (χ0v) is 9.40. The first-order valence-electron chi connectivity index (χ1n) is 5.58. The van der Waals surface area contributed by atoms with E-state index in [-0.39, 0.29) is 17.9 Å². The van der Waals surface area contributed by atoms with Crippen molar-refractivity contribution in [3.05, 3.63) is 29.8 Å². The largest absolute Gasteiger partial charge is 0.399 e. The summed E-state index contributed by atoms with van der Waals surface area (Å²) in [4.78, 5) is 22.8. The number of anilines is 1. The maximum Gasteiger partial charge on any atom is 0.251 e. The summed E-state index contributed by atoms with van der Waals surface area (Å²) in [5, 5.41) is 5.61. The predicted octanol–water partition coefficient (Wildman–Crippen LogP) is 0.277. The van der Waals surface area contributed by atoms with Crippen molar-refractivity contribution in [1.82, 2.24) is 10.6 Å². The standard InChI is InChI=1S/C12H15N3O2/c13-9-3-1-8(2-4-9)12(17)15-10-5-6-11(16)14-7-10/h1-4,10H,5-7,13H2,(H,14,16)(H,15,17). The topological polar surface area (TPSA) is 84.2 Å². The third-order valence-corrected chi connectivity index (χ3v) is 2.77. The van der Waals surface area contributed by atoms with Crippen LogP contribution in [-0.2, 0) is 4.79 Å². The molecule has 2 amide bonds. The fraction of sp³-hybridized carbons (Fsp3) is 0.333. The van der Waals surface area contributed by atoms with Gasteiger partial charge in [-0.3, -0.25) is 9.59 Å². The Morgan fingerprint density at radius 2 is 2.06 bits per heavy atom. The molecular weight excluding hydrogens is 218 g/mol. The van der Waals surface area contributed by atoms with Crippen LogP contribution in [0.1, 0.15) is 23.2 Å². The Hall–Kier alpha value is -2.04. The van der Waals surface area contributed by atoms with E-state index in [1.165, 1.54) is 0 Å². The van der Waals surface area contributed by atoms with Crippen LogP contribution in [0.15, 0.2) is 24.3 Å². The first-order valence-corrected chi connectivity index (χ1v) is 5.58. The van der Waals surface area contributed by atoms with Crippen molar-refractivity contribution in [3.63, 3.8) is 0 Å². The fourth-order valence-corrected chi connectivity index (χ4v) is 1.76. The summed E-state index contributed by atoms with van der Waals surface area (Å²) in [5.74, 6) is -0.0888. The average Bonchev–Trinajstić information content (AvgIpc) is 2.33. The van der Waals surface area contributed by atoms with Crippen LogP contribution >= 0.6 is 0 Å². The van der Waals surface area contributed by atoms with Gasteiger partial charge in [0.15, 0.2) is 0 Å². The van der Waals surface area contributed by atoms with Crippen LogP contribution in [0.3, 0.4) is 0 Å². The van der Waals surface area contributed by atoms with Gasteiger partial charge in [0.25, 0.3) is 5.91 Å². The molecule has 0 spiro atoms. The van der Waals surface area contributed by atoms with Gasteiger partial charge in [-0.2, -0.15) is 0 Å². The smallest absolute Gasteiger partial charge is 0.251 e. The molecule has 1 aromatic rings. The molecule has 0 aromatic heterocycles. The molecule has 1 atom stereocenters. The Morgan fingerprint density at radius 1 is 1.35 bits per heavy atom. The van der Waals surface area contributed by atoms with Gasteiger partial charge in [-0.25, -0.2) is 0 Å². The van der Waals surface area contributed by atoms with E-state index in [9.17, 15) is 9.59 Å². The molecule has 5 nitrogen and oxygen atoms in total. The second kappa shape index (κ2) is 4.86. The van der Waals surface area contributed by atoms with E-state index >= 15 is 0 Å². The van der Waals surface area contributed by atoms with Crippen molar-refractivity contribution >= 4 is 17.5 Å². The number of benzene rings is 1. The number of carbonyl (C=O) groups is 2. The second-order valence-corrected chi connectivity index (χ2v) is 4.14. The van der Waals surface area contributed by atoms with Crippen molar-refractivity contribution in [2.45, 2.75) is 18.9 Å². The van der Waals surface area contributed by atoms with E-state index in [1.807, 2.05) is 0 Å². The highest BCUT2D eigenvalue weighted by Crippen LogP contribution is 2.07. The van der Waals surface area contributed by atoms with E-state index in [0.29, 0.717) is 30.6 Å². The van der Waals surface area contributed by atoms with Crippen molar-refractivity contribution in [2.75, 3.05) is 12.3 Å². The Morgan fingerprint density at radius 3 is 2.65 bits per heavy atom. The maximum absolute atomic E-state index is 11.8. The van der Waals surface area contributed by atoms with E-state index < -0.39 is 0 Å². The van der Waals surface area contributed by atoms with Crippen LogP contribution in [-0.4, -0.2) is 24.4 Å². The molecule has 1 heterocycles. The third-order valence-electron chi connectivity index (χ3n) is 2.77. The number of nitrogen functional groups attached to an aromatic ring is 1. The number of piperidine rings is 1. The molecule has 17 heavy (non-hydrogen) atoms. The number of nitrogens with one attached hydrogen (secondary N) is 2. The summed E-state index contributed by atoms with van der Waals surface area (Å²) in [5.41, 5.74) is 6.76. The van der Waals surface area contributed by atoms with Crippen molar-refractivity contribution in [2.24, 2.45) is 0 Å². The zero-order chi connectivity index (χ0) is 12.3. The van der Waals surface area contributed by atoms with E-state index in [0.717, 1.165) is 0 Å². The molecule has 1 aliphatic heterocycles. The molecule has 90 valence electrons. The van der Waals surface area contributed by atoms with E-state index in [2.05, 4.69) is 10.6 Å². The van der Waals surface area contributed by atoms with E-state index in [4.69, 9.17) is 5.73 Å². The minimum Gasteiger partial charge on any atom is -0.399 e. The molecule has 2 rings (SSSR count). The molecule has 1 saturated heterocycles. The van der Waals surface area contributed by atoms with Gasteiger partial charge in [-0.15, -0.1) is 0 Å². The maximum atomic E-state index is 11.8. The molecule has 0 bridgehead atoms. The molecule has 1 unspecified atom stereocenters. The van der Waals surface area contributed by atoms with Crippen molar-refractivity contribution in [1.29, 1.82) is 0 Å². The molecule has 1 fully saturated rings. The number of amides is 2. The van der Waals surface area contributed by atoms with Crippen LogP contribution < -0.4 is 16.4 Å². The number of carbonyl (C=O) groups excluding carboxylic acids is 2. The first kappa shape index (κ1) is 11.4. The van der Waals surface area contributed by atoms with Crippen LogP contribution in [0.25, 0.3) is 0 Å². The van der Waals surface area contributed by atoms with Crippen LogP contribution in [0, 0.1) is 0 Å². The van der Waals surface area contributed by atoms with Gasteiger partial charge in [0.2, 0.25) is 5.91 Å². The normalized spacial score (nSPS) is 19.5. The highest BCUT2D eigenvalue weighted by Gasteiger charge is 2.19. The van der Waals surface area contributed by atoms with Gasteiger partial charge in [0, 0.05) is 30.3 Å². The molecule has 1 aromatic carbocycles. The lowest BCUT2D eigenvalue weighted by Crippen LogP contribution is -2.47. The number of hydrogen-bond acceptors (Lipinski definition) is 3. The average molecular weight is 233 g/mol. The van der Waals surface area contributed by atoms with Crippen LogP contribution in [0.2, 0.25) is 0 Å². The van der Waals surface area contributed by atoms with E-state index in [1.54, 1.807) is 24.3 Å². The first-order chi connectivity index (χ1) is 8.15. The Bertz CT molecular complexity index is 418.